The Morgan fingerprint density at radius 1 is 1.90 bits per heavy atom. The Hall–Kier alpha value is -0.920. The molecule has 0 saturated heterocycles. The Labute approximate surface area is 60.5 Å². The van der Waals surface area contributed by atoms with Crippen LogP contribution in [0.1, 0.15) is 0 Å². The molecule has 4 heteroatoms. The van der Waals surface area contributed by atoms with Crippen LogP contribution < -0.4 is 5.32 Å². The first kappa shape index (κ1) is 9.08. The minimum atomic E-state index is -0.604. The smallest absolute Gasteiger partial charge is 0.314 e. The molecule has 0 rings (SSSR count). The van der Waals surface area contributed by atoms with Crippen LogP contribution in [0.5, 0.6) is 0 Å². The Bertz CT molecular complexity index is 150. The number of rotatable bonds is 4. The van der Waals surface area contributed by atoms with Crippen molar-refractivity contribution >= 4 is 5.71 Å². The molecule has 0 heterocycles. The Kier molecular flexibility index (Phi) is 4.46. The summed E-state index contributed by atoms with van der Waals surface area (Å²) in [4.78, 5) is 3.34. The van der Waals surface area contributed by atoms with Crippen LogP contribution in [0.15, 0.2) is 0 Å². The van der Waals surface area contributed by atoms with Crippen LogP contribution in [0.4, 0.5) is 0 Å². The molecule has 10 heavy (non-hydrogen) atoms. The Balaban J connectivity index is 3.80. The lowest BCUT2D eigenvalue weighted by molar-refractivity contribution is 0.188. The molecule has 0 bridgehead atoms. The molecule has 1 atom stereocenters. The van der Waals surface area contributed by atoms with E-state index in [0.717, 1.165) is 0 Å². The van der Waals surface area contributed by atoms with Crippen molar-refractivity contribution in [2.45, 2.75) is 6.23 Å². The van der Waals surface area contributed by atoms with Crippen LogP contribution in [-0.4, -0.2) is 32.6 Å². The van der Waals surface area contributed by atoms with E-state index >= 15 is 0 Å². The van der Waals surface area contributed by atoms with Gasteiger partial charge in [-0.15, -0.1) is 0 Å². The first-order valence-corrected chi connectivity index (χ1v) is 2.91. The molecule has 0 aliphatic carbocycles. The zero-order chi connectivity index (χ0) is 7.98. The van der Waals surface area contributed by atoms with Crippen molar-refractivity contribution in [1.29, 1.82) is 5.41 Å². The molecule has 0 spiro atoms. The number of hydrogen-bond acceptors (Lipinski definition) is 3. The lowest BCUT2D eigenvalue weighted by atomic mass is 10.3. The summed E-state index contributed by atoms with van der Waals surface area (Å²) < 4.78 is 4.76. The number of nitrogens with one attached hydrogen (secondary N) is 2. The SMILES string of the molecule is C#[N+]C(OC)C(=N)CNC. The largest absolute Gasteiger partial charge is 0.415 e. The van der Waals surface area contributed by atoms with Crippen LogP contribution >= 0.6 is 0 Å². The highest BCUT2D eigenvalue weighted by atomic mass is 16.5. The maximum Gasteiger partial charge on any atom is 0.415 e. The molecule has 0 fully saturated rings. The number of hydrogen-bond donors (Lipinski definition) is 2. The van der Waals surface area contributed by atoms with Gasteiger partial charge in [-0.25, -0.2) is 0 Å². The molecule has 1 unspecified atom stereocenters. The third kappa shape index (κ3) is 2.58. The zero-order valence-corrected chi connectivity index (χ0v) is 6.22. The number of nitrogens with zero attached hydrogens (tertiary/aromatic N) is 1. The predicted molar refractivity (Wildman–Crippen MR) is 40.8 cm³/mol. The van der Waals surface area contributed by atoms with Gasteiger partial charge in [0.1, 0.15) is 5.71 Å². The lowest BCUT2D eigenvalue weighted by Gasteiger charge is -1.99. The highest BCUT2D eigenvalue weighted by Crippen LogP contribution is 1.92. The van der Waals surface area contributed by atoms with Crippen LogP contribution in [0.3, 0.4) is 0 Å². The van der Waals surface area contributed by atoms with Crippen molar-refractivity contribution in [3.05, 3.63) is 4.85 Å². The second-order valence-electron chi connectivity index (χ2n) is 1.79. The average molecular weight is 142 g/mol. The number of ether oxygens (including phenoxy) is 1. The van der Waals surface area contributed by atoms with Crippen LogP contribution in [0, 0.1) is 12.0 Å². The summed E-state index contributed by atoms with van der Waals surface area (Å²) >= 11 is 0. The fourth-order valence-electron chi connectivity index (χ4n) is 0.571. The van der Waals surface area contributed by atoms with Crippen molar-refractivity contribution in [2.75, 3.05) is 20.7 Å². The second-order valence-corrected chi connectivity index (χ2v) is 1.79. The van der Waals surface area contributed by atoms with Crippen molar-refractivity contribution in [3.63, 3.8) is 0 Å². The zero-order valence-electron chi connectivity index (χ0n) is 6.22. The molecule has 0 aliphatic heterocycles. The van der Waals surface area contributed by atoms with E-state index in [2.05, 4.69) is 10.2 Å². The average Bonchev–Trinajstić information content (AvgIpc) is 1.91. The topological polar surface area (TPSA) is 49.5 Å². The summed E-state index contributed by atoms with van der Waals surface area (Å²) in [5, 5.41) is 10.1. The van der Waals surface area contributed by atoms with Gasteiger partial charge in [0.15, 0.2) is 0 Å². The molecule has 56 valence electrons. The van der Waals surface area contributed by atoms with Gasteiger partial charge < -0.3 is 10.1 Å². The van der Waals surface area contributed by atoms with Crippen LogP contribution in [0.2, 0.25) is 0 Å². The first-order chi connectivity index (χ1) is 4.76. The Morgan fingerprint density at radius 3 is 2.80 bits per heavy atom. The van der Waals surface area contributed by atoms with Gasteiger partial charge >= 0.3 is 6.23 Å². The van der Waals surface area contributed by atoms with Gasteiger partial charge in [0.05, 0.1) is 0 Å². The molecule has 0 aromatic rings. The maximum atomic E-state index is 7.28. The van der Waals surface area contributed by atoms with E-state index in [1.165, 1.54) is 7.11 Å². The minimum Gasteiger partial charge on any atom is -0.314 e. The van der Waals surface area contributed by atoms with Gasteiger partial charge in [-0.3, -0.25) is 5.41 Å². The van der Waals surface area contributed by atoms with Gasteiger partial charge in [-0.05, 0) is 11.9 Å². The monoisotopic (exact) mass is 142 g/mol. The molecule has 2 N–H and O–H groups in total. The summed E-state index contributed by atoms with van der Waals surface area (Å²) in [5.41, 5.74) is 0.326. The quantitative estimate of drug-likeness (QED) is 0.549. The van der Waals surface area contributed by atoms with Crippen molar-refractivity contribution < 1.29 is 4.74 Å². The molecular formula is C6H12N3O+. The Morgan fingerprint density at radius 2 is 2.50 bits per heavy atom. The molecule has 4 nitrogen and oxygen atoms in total. The van der Waals surface area contributed by atoms with Gasteiger partial charge in [0, 0.05) is 13.7 Å². The van der Waals surface area contributed by atoms with E-state index in [-0.39, 0.29) is 0 Å². The first-order valence-electron chi connectivity index (χ1n) is 2.91. The fraction of sp³-hybridized carbons (Fsp3) is 0.667. The molecule has 0 saturated carbocycles. The van der Waals surface area contributed by atoms with E-state index in [0.29, 0.717) is 12.3 Å². The summed E-state index contributed by atoms with van der Waals surface area (Å²) in [6, 6.07) is 0. The predicted octanol–water partition coefficient (Wildman–Crippen LogP) is 0.161. The lowest BCUT2D eigenvalue weighted by Crippen LogP contribution is -2.28. The van der Waals surface area contributed by atoms with E-state index in [1.54, 1.807) is 7.05 Å². The van der Waals surface area contributed by atoms with Gasteiger partial charge in [-0.1, -0.05) is 0 Å². The summed E-state index contributed by atoms with van der Waals surface area (Å²) in [6.45, 7) is 5.39. The highest BCUT2D eigenvalue weighted by Gasteiger charge is 2.20. The van der Waals surface area contributed by atoms with E-state index in [1.807, 2.05) is 0 Å². The standard InChI is InChI=1S/C6H12N3O/c1-8-4-5(7)6(9-2)10-3/h2,6-8H,4H2,1,3H3/q+1. The third-order valence-corrected chi connectivity index (χ3v) is 1.02. The van der Waals surface area contributed by atoms with Gasteiger partial charge in [0.2, 0.25) is 0 Å². The summed E-state index contributed by atoms with van der Waals surface area (Å²) in [6.07, 6.45) is -0.604. The maximum absolute atomic E-state index is 7.28. The van der Waals surface area contributed by atoms with Gasteiger partial charge in [-0.2, -0.15) is 0 Å². The minimum absolute atomic E-state index is 0.326. The molecule has 0 aromatic heterocycles. The second kappa shape index (κ2) is 4.91. The highest BCUT2D eigenvalue weighted by molar-refractivity contribution is 5.88. The molecule has 0 aromatic carbocycles. The van der Waals surface area contributed by atoms with Crippen molar-refractivity contribution in [2.24, 2.45) is 0 Å². The third-order valence-electron chi connectivity index (χ3n) is 1.02. The van der Waals surface area contributed by atoms with E-state index in [9.17, 15) is 0 Å². The van der Waals surface area contributed by atoms with Gasteiger partial charge in [0.25, 0.3) is 6.57 Å². The summed E-state index contributed by atoms with van der Waals surface area (Å²) in [5.74, 6) is 0. The van der Waals surface area contributed by atoms with Crippen LogP contribution in [-0.2, 0) is 4.74 Å². The molecular weight excluding hydrogens is 130 g/mol. The van der Waals surface area contributed by atoms with Crippen LogP contribution in [0.25, 0.3) is 4.85 Å². The fourth-order valence-corrected chi connectivity index (χ4v) is 0.571. The van der Waals surface area contributed by atoms with E-state index in [4.69, 9.17) is 16.7 Å². The van der Waals surface area contributed by atoms with Crippen molar-refractivity contribution in [1.82, 2.24) is 5.32 Å². The molecule has 0 aliphatic rings. The van der Waals surface area contributed by atoms with Crippen molar-refractivity contribution in [3.8, 4) is 6.57 Å². The molecule has 0 amide bonds. The summed E-state index contributed by atoms with van der Waals surface area (Å²) in [7, 11) is 3.21. The number of methoxy groups -OCH3 is 1. The molecule has 0 radical (unpaired) electrons. The normalized spacial score (nSPS) is 12.1. The van der Waals surface area contributed by atoms with E-state index < -0.39 is 6.23 Å².